The van der Waals surface area contributed by atoms with Gasteiger partial charge in [0.15, 0.2) is 0 Å². The van der Waals surface area contributed by atoms with Crippen molar-refractivity contribution in [1.29, 1.82) is 0 Å². The van der Waals surface area contributed by atoms with Crippen molar-refractivity contribution in [2.75, 3.05) is 6.61 Å². The fourth-order valence-electron chi connectivity index (χ4n) is 10.7. The van der Waals surface area contributed by atoms with Gasteiger partial charge in [-0.05, 0) is 37.2 Å². The fraction of sp³-hybridized carbons (Fsp3) is 0.900. The van der Waals surface area contributed by atoms with Crippen molar-refractivity contribution in [2.45, 2.75) is 132 Å². The van der Waals surface area contributed by atoms with Gasteiger partial charge in [-0.15, -0.1) is 0 Å². The summed E-state index contributed by atoms with van der Waals surface area (Å²) in [6.45, 7) is 12.1. The maximum Gasteiger partial charge on any atom is 0.344 e. The van der Waals surface area contributed by atoms with Crippen molar-refractivity contribution in [1.82, 2.24) is 0 Å². The first-order valence-corrected chi connectivity index (χ1v) is 15.1. The molecule has 6 heterocycles. The van der Waals surface area contributed by atoms with E-state index < -0.39 is 76.9 Å². The van der Waals surface area contributed by atoms with Crippen LogP contribution in [0.3, 0.4) is 0 Å². The number of aliphatic hydroxyl groups excluding tert-OH is 2. The van der Waals surface area contributed by atoms with E-state index in [1.165, 1.54) is 0 Å². The molecule has 2 aliphatic carbocycles. The second kappa shape index (κ2) is 7.46. The molecule has 8 fully saturated rings. The van der Waals surface area contributed by atoms with Crippen molar-refractivity contribution in [3.05, 3.63) is 12.2 Å². The van der Waals surface area contributed by atoms with Gasteiger partial charge in [0.05, 0.1) is 12.2 Å². The second-order valence-electron chi connectivity index (χ2n) is 14.2. The summed E-state index contributed by atoms with van der Waals surface area (Å²) in [4.78, 5) is 14.0. The third kappa shape index (κ3) is 2.63. The highest BCUT2D eigenvalue weighted by Gasteiger charge is 2.93. The number of esters is 1. The number of carbonyl (C=O) groups excluding carboxylic acids is 1. The third-order valence-electron chi connectivity index (χ3n) is 12.3. The maximum absolute atomic E-state index is 14.0. The smallest absolute Gasteiger partial charge is 0.344 e. The molecule has 8 rings (SSSR count). The van der Waals surface area contributed by atoms with E-state index in [9.17, 15) is 15.0 Å². The second-order valence-corrected chi connectivity index (χ2v) is 14.2. The predicted octanol–water partition coefficient (Wildman–Crippen LogP) is 2.95. The zero-order chi connectivity index (χ0) is 27.4. The summed E-state index contributed by atoms with van der Waals surface area (Å²) in [5.41, 5.74) is -4.00. The molecule has 216 valence electrons. The van der Waals surface area contributed by atoms with E-state index in [0.717, 1.165) is 44.1 Å². The highest BCUT2D eigenvalue weighted by atomic mass is 16.9. The Kier molecular flexibility index (Phi) is 4.90. The molecular weight excluding hydrogens is 504 g/mol. The Balaban J connectivity index is 1.42. The molecule has 0 amide bonds. The lowest BCUT2D eigenvalue weighted by molar-refractivity contribution is -0.435. The topological polar surface area (TPSA) is 116 Å². The van der Waals surface area contributed by atoms with Crippen LogP contribution in [-0.4, -0.2) is 75.3 Å². The number of fused-ring (bicyclic) bond motifs is 3. The predicted molar refractivity (Wildman–Crippen MR) is 135 cm³/mol. The molecule has 6 saturated heterocycles. The van der Waals surface area contributed by atoms with Crippen molar-refractivity contribution < 1.29 is 43.4 Å². The molecule has 6 aliphatic heterocycles. The monoisotopic (exact) mass is 546 g/mol. The highest BCUT2D eigenvalue weighted by molar-refractivity contribution is 5.85. The summed E-state index contributed by atoms with van der Waals surface area (Å²) in [6, 6.07) is 0. The lowest BCUT2D eigenvalue weighted by Crippen LogP contribution is -2.75. The zero-order valence-electron chi connectivity index (χ0n) is 23.4. The number of hydrogen-bond donors (Lipinski definition) is 2. The van der Waals surface area contributed by atoms with Gasteiger partial charge in [-0.2, -0.15) is 0 Å². The number of rotatable bonds is 2. The number of hydrogen-bond acceptors (Lipinski definition) is 9. The number of epoxide rings is 1. The summed E-state index contributed by atoms with van der Waals surface area (Å²) in [6.07, 6.45) is 4.93. The van der Waals surface area contributed by atoms with Crippen LogP contribution in [-0.2, 0) is 33.2 Å². The largest absolute Gasteiger partial charge is 0.431 e. The molecule has 3 spiro atoms. The Morgan fingerprint density at radius 1 is 1.03 bits per heavy atom. The Bertz CT molecular complexity index is 1140. The Hall–Kier alpha value is -1.07. The van der Waals surface area contributed by atoms with Crippen LogP contribution in [0.5, 0.6) is 0 Å². The molecule has 0 aromatic carbocycles. The van der Waals surface area contributed by atoms with Gasteiger partial charge in [0, 0.05) is 31.1 Å². The Labute approximate surface area is 229 Å². The molecule has 9 nitrogen and oxygen atoms in total. The van der Waals surface area contributed by atoms with E-state index in [1.807, 2.05) is 13.8 Å². The van der Waals surface area contributed by atoms with Gasteiger partial charge in [-0.1, -0.05) is 52.5 Å². The third-order valence-corrected chi connectivity index (χ3v) is 12.3. The minimum atomic E-state index is -1.73. The van der Waals surface area contributed by atoms with Crippen LogP contribution in [0.4, 0.5) is 0 Å². The summed E-state index contributed by atoms with van der Waals surface area (Å²) in [5.74, 6) is -4.22. The van der Waals surface area contributed by atoms with Crippen LogP contribution < -0.4 is 0 Å². The van der Waals surface area contributed by atoms with Gasteiger partial charge in [0.25, 0.3) is 5.97 Å². The molecule has 2 N–H and O–H groups in total. The maximum atomic E-state index is 14.0. The summed E-state index contributed by atoms with van der Waals surface area (Å²) < 4.78 is 40.2. The van der Waals surface area contributed by atoms with Crippen LogP contribution in [0.1, 0.15) is 79.1 Å². The number of carbonyl (C=O) groups is 1. The van der Waals surface area contributed by atoms with E-state index in [0.29, 0.717) is 12.8 Å². The van der Waals surface area contributed by atoms with E-state index >= 15 is 0 Å². The first kappa shape index (κ1) is 25.6. The zero-order valence-corrected chi connectivity index (χ0v) is 23.4. The minimum absolute atomic E-state index is 0.104. The van der Waals surface area contributed by atoms with Crippen molar-refractivity contribution in [3.8, 4) is 0 Å². The molecule has 1 unspecified atom stereocenters. The molecule has 39 heavy (non-hydrogen) atoms. The van der Waals surface area contributed by atoms with Crippen molar-refractivity contribution in [3.63, 3.8) is 0 Å². The number of aliphatic hydroxyl groups is 2. The summed E-state index contributed by atoms with van der Waals surface area (Å²) in [5, 5.41) is 22.9. The van der Waals surface area contributed by atoms with Gasteiger partial charge < -0.3 is 38.6 Å². The van der Waals surface area contributed by atoms with Gasteiger partial charge >= 0.3 is 5.97 Å². The SMILES string of the molecule is C=C(C)[C@]12C[C@@H](C)[C@]34OC5(CCCCCCC[C@H](C)[C@@H]6[C@@H]3[C@]3(O[C@]6(C)OC3=O)[C@H](O)[C@@]3(CO)O[C@H]3[C@H]4[C@H]1O5)O2. The van der Waals surface area contributed by atoms with Crippen molar-refractivity contribution in [2.24, 2.45) is 29.6 Å². The molecule has 14 atom stereocenters. The summed E-state index contributed by atoms with van der Waals surface area (Å²) >= 11 is 0. The van der Waals surface area contributed by atoms with Crippen molar-refractivity contribution >= 4 is 5.97 Å². The molecule has 0 aromatic heterocycles. The Morgan fingerprint density at radius 2 is 1.77 bits per heavy atom. The van der Waals surface area contributed by atoms with Gasteiger partial charge in [0.2, 0.25) is 11.4 Å². The normalized spacial score (nSPS) is 62.4. The molecule has 5 bridgehead atoms. The lowest BCUT2D eigenvalue weighted by atomic mass is 9.50. The average Bonchev–Trinajstić information content (AvgIpc) is 3.39. The molecule has 9 heteroatoms. The van der Waals surface area contributed by atoms with Crippen LogP contribution in [0.25, 0.3) is 0 Å². The first-order valence-electron chi connectivity index (χ1n) is 15.1. The Morgan fingerprint density at radius 3 is 2.51 bits per heavy atom. The molecule has 0 aromatic rings. The van der Waals surface area contributed by atoms with E-state index in [2.05, 4.69) is 20.4 Å². The van der Waals surface area contributed by atoms with E-state index in [-0.39, 0.29) is 17.8 Å². The standard InChI is InChI=1S/C30H42O9/c1-15(2)26-13-17(4)29-19-21(26)35-28(38-26,39-29)12-10-8-6-7-9-11-16(3)18-20(29)30(24(33)36-25(18,5)37-30)23(32)27(14-31)22(19)34-27/h16-23,31-32H,1,6-14H2,2-5H3/t16-,17+,18+,19+,20-,21+,22-,23+,25-,26+,27-,28?,29+,30-/m0/s1. The molecular formula is C30H42O9. The van der Waals surface area contributed by atoms with Crippen LogP contribution >= 0.6 is 0 Å². The van der Waals surface area contributed by atoms with Gasteiger partial charge in [-0.25, -0.2) is 4.79 Å². The quantitative estimate of drug-likeness (QED) is 0.306. The van der Waals surface area contributed by atoms with Gasteiger partial charge in [-0.3, -0.25) is 0 Å². The molecule has 2 saturated carbocycles. The van der Waals surface area contributed by atoms with Gasteiger partial charge in [0.1, 0.15) is 29.5 Å². The van der Waals surface area contributed by atoms with E-state index in [4.69, 9.17) is 28.4 Å². The highest BCUT2D eigenvalue weighted by Crippen LogP contribution is 2.77. The summed E-state index contributed by atoms with van der Waals surface area (Å²) in [7, 11) is 0. The first-order chi connectivity index (χ1) is 18.5. The van der Waals surface area contributed by atoms with E-state index in [1.54, 1.807) is 0 Å². The number of ether oxygens (including phenoxy) is 6. The van der Waals surface area contributed by atoms with Crippen LogP contribution in [0.2, 0.25) is 0 Å². The van der Waals surface area contributed by atoms with Crippen LogP contribution in [0, 0.1) is 29.6 Å². The average molecular weight is 547 g/mol. The molecule has 8 aliphatic rings. The molecule has 0 radical (unpaired) electrons. The fourth-order valence-corrected chi connectivity index (χ4v) is 10.7. The minimum Gasteiger partial charge on any atom is -0.431 e. The van der Waals surface area contributed by atoms with Crippen LogP contribution in [0.15, 0.2) is 12.2 Å². The lowest BCUT2D eigenvalue weighted by Gasteiger charge is -2.61.